The van der Waals surface area contributed by atoms with E-state index in [4.69, 9.17) is 21.1 Å². The van der Waals surface area contributed by atoms with E-state index in [-0.39, 0.29) is 5.69 Å². The summed E-state index contributed by atoms with van der Waals surface area (Å²) in [6, 6.07) is 8.47. The highest BCUT2D eigenvalue weighted by molar-refractivity contribution is 6.30. The molecule has 0 spiro atoms. The number of anilines is 2. The summed E-state index contributed by atoms with van der Waals surface area (Å²) < 4.78 is 25.9. The minimum Gasteiger partial charge on any atom is -0.493 e. The van der Waals surface area contributed by atoms with E-state index >= 15 is 0 Å². The van der Waals surface area contributed by atoms with Crippen LogP contribution in [0.15, 0.2) is 36.7 Å². The molecule has 0 unspecified atom stereocenters. The van der Waals surface area contributed by atoms with Gasteiger partial charge in [-0.1, -0.05) is 18.0 Å². The van der Waals surface area contributed by atoms with E-state index in [0.29, 0.717) is 45.9 Å². The zero-order valence-electron chi connectivity index (χ0n) is 17.0. The van der Waals surface area contributed by atoms with Gasteiger partial charge in [0.15, 0.2) is 11.5 Å². The predicted octanol–water partition coefficient (Wildman–Crippen LogP) is 5.04. The van der Waals surface area contributed by atoms with Crippen molar-refractivity contribution in [2.24, 2.45) is 0 Å². The molecule has 2 heterocycles. The second-order valence-electron chi connectivity index (χ2n) is 7.43. The maximum atomic E-state index is 14.2. The third-order valence-electron chi connectivity index (χ3n) is 5.46. The number of ether oxygens (including phenoxy) is 2. The van der Waals surface area contributed by atoms with Crippen LogP contribution >= 0.6 is 11.6 Å². The first-order chi connectivity index (χ1) is 14.5. The highest BCUT2D eigenvalue weighted by Crippen LogP contribution is 2.35. The number of likely N-dealkylation sites (tertiary alicyclic amines) is 1. The van der Waals surface area contributed by atoms with Gasteiger partial charge in [-0.15, -0.1) is 0 Å². The molecule has 1 aliphatic heterocycles. The number of piperidine rings is 1. The molecule has 6 nitrogen and oxygen atoms in total. The average Bonchev–Trinajstić information content (AvgIpc) is 2.74. The Morgan fingerprint density at radius 2 is 2.07 bits per heavy atom. The Bertz CT molecular complexity index is 1050. The van der Waals surface area contributed by atoms with E-state index in [0.717, 1.165) is 13.0 Å². The Morgan fingerprint density at radius 1 is 1.20 bits per heavy atom. The van der Waals surface area contributed by atoms with Crippen LogP contribution in [0.3, 0.4) is 0 Å². The van der Waals surface area contributed by atoms with Crippen molar-refractivity contribution in [2.45, 2.75) is 25.3 Å². The molecule has 0 radical (unpaired) electrons. The van der Waals surface area contributed by atoms with Gasteiger partial charge in [0.1, 0.15) is 24.6 Å². The molecule has 1 atom stereocenters. The molecule has 0 bridgehead atoms. The SMILES string of the molecule is COc1cc2c(Nc3ccc(Cl)cc3F)ncnc2cc1OC[C@H]1CCCCN1C. The molecule has 1 fully saturated rings. The van der Waals surface area contributed by atoms with Gasteiger partial charge in [0.2, 0.25) is 0 Å². The van der Waals surface area contributed by atoms with Gasteiger partial charge in [-0.25, -0.2) is 14.4 Å². The van der Waals surface area contributed by atoms with Crippen LogP contribution in [-0.4, -0.2) is 48.2 Å². The summed E-state index contributed by atoms with van der Waals surface area (Å²) in [6.45, 7) is 1.68. The molecule has 8 heteroatoms. The number of likely N-dealkylation sites (N-methyl/N-ethyl adjacent to an activating group) is 1. The molecule has 1 saturated heterocycles. The number of hydrogen-bond donors (Lipinski definition) is 1. The smallest absolute Gasteiger partial charge is 0.163 e. The van der Waals surface area contributed by atoms with Crippen molar-refractivity contribution in [2.75, 3.05) is 32.6 Å². The Labute approximate surface area is 180 Å². The summed E-state index contributed by atoms with van der Waals surface area (Å²) in [5, 5.41) is 4.05. The van der Waals surface area contributed by atoms with Gasteiger partial charge in [-0.2, -0.15) is 0 Å². The fourth-order valence-electron chi connectivity index (χ4n) is 3.70. The minimum absolute atomic E-state index is 0.277. The molecule has 1 N–H and O–H groups in total. The molecule has 158 valence electrons. The molecule has 0 aliphatic carbocycles. The van der Waals surface area contributed by atoms with Crippen molar-refractivity contribution >= 4 is 34.0 Å². The van der Waals surface area contributed by atoms with Gasteiger partial charge in [-0.05, 0) is 50.7 Å². The molecular weight excluding hydrogens is 407 g/mol. The molecule has 1 aromatic heterocycles. The second kappa shape index (κ2) is 9.02. The molecule has 2 aromatic carbocycles. The number of nitrogens with zero attached hydrogens (tertiary/aromatic N) is 3. The van der Waals surface area contributed by atoms with Gasteiger partial charge < -0.3 is 19.7 Å². The first-order valence-corrected chi connectivity index (χ1v) is 10.3. The summed E-state index contributed by atoms with van der Waals surface area (Å²) >= 11 is 5.84. The zero-order valence-corrected chi connectivity index (χ0v) is 17.7. The fourth-order valence-corrected chi connectivity index (χ4v) is 3.85. The maximum Gasteiger partial charge on any atom is 0.163 e. The van der Waals surface area contributed by atoms with Crippen LogP contribution in [0, 0.1) is 5.82 Å². The summed E-state index contributed by atoms with van der Waals surface area (Å²) in [6.07, 6.45) is 5.00. The van der Waals surface area contributed by atoms with Crippen LogP contribution in [0.5, 0.6) is 11.5 Å². The van der Waals surface area contributed by atoms with Crippen LogP contribution in [0.4, 0.5) is 15.9 Å². The minimum atomic E-state index is -0.460. The summed E-state index contributed by atoms with van der Waals surface area (Å²) in [7, 11) is 3.72. The lowest BCUT2D eigenvalue weighted by molar-refractivity contribution is 0.123. The Morgan fingerprint density at radius 3 is 2.83 bits per heavy atom. The molecule has 1 aliphatic rings. The lowest BCUT2D eigenvalue weighted by atomic mass is 10.0. The molecule has 0 amide bonds. The van der Waals surface area contributed by atoms with Crippen LogP contribution < -0.4 is 14.8 Å². The third kappa shape index (κ3) is 4.42. The Balaban J connectivity index is 1.61. The van der Waals surface area contributed by atoms with E-state index in [9.17, 15) is 4.39 Å². The van der Waals surface area contributed by atoms with Gasteiger partial charge in [0.05, 0.1) is 18.3 Å². The van der Waals surface area contributed by atoms with Crippen molar-refractivity contribution in [3.05, 3.63) is 47.5 Å². The van der Waals surface area contributed by atoms with Gasteiger partial charge in [0, 0.05) is 22.5 Å². The lowest BCUT2D eigenvalue weighted by Gasteiger charge is -2.32. The van der Waals surface area contributed by atoms with Crippen LogP contribution in [0.1, 0.15) is 19.3 Å². The number of rotatable bonds is 6. The third-order valence-corrected chi connectivity index (χ3v) is 5.69. The number of aromatic nitrogens is 2. The number of fused-ring (bicyclic) bond motifs is 1. The van der Waals surface area contributed by atoms with Crippen LogP contribution in [0.2, 0.25) is 5.02 Å². The quantitative estimate of drug-likeness (QED) is 0.591. The first kappa shape index (κ1) is 20.6. The number of hydrogen-bond acceptors (Lipinski definition) is 6. The van der Waals surface area contributed by atoms with Crippen molar-refractivity contribution in [3.63, 3.8) is 0 Å². The topological polar surface area (TPSA) is 59.5 Å². The lowest BCUT2D eigenvalue weighted by Crippen LogP contribution is -2.40. The Hall–Kier alpha value is -2.64. The monoisotopic (exact) mass is 430 g/mol. The van der Waals surface area contributed by atoms with E-state index in [1.54, 1.807) is 19.2 Å². The molecule has 4 rings (SSSR count). The fraction of sp³-hybridized carbons (Fsp3) is 0.364. The number of halogens is 2. The summed E-state index contributed by atoms with van der Waals surface area (Å²) in [5.41, 5.74) is 0.952. The van der Waals surface area contributed by atoms with Gasteiger partial charge >= 0.3 is 0 Å². The Kier molecular flexibility index (Phi) is 6.20. The van der Waals surface area contributed by atoms with Crippen LogP contribution in [0.25, 0.3) is 10.9 Å². The highest BCUT2D eigenvalue weighted by Gasteiger charge is 2.20. The number of benzene rings is 2. The average molecular weight is 431 g/mol. The largest absolute Gasteiger partial charge is 0.493 e. The van der Waals surface area contributed by atoms with E-state index in [1.807, 2.05) is 12.1 Å². The zero-order chi connectivity index (χ0) is 21.1. The van der Waals surface area contributed by atoms with Crippen molar-refractivity contribution in [3.8, 4) is 11.5 Å². The molecule has 0 saturated carbocycles. The molecule has 30 heavy (non-hydrogen) atoms. The summed E-state index contributed by atoms with van der Waals surface area (Å²) in [4.78, 5) is 11.0. The second-order valence-corrected chi connectivity index (χ2v) is 7.87. The van der Waals surface area contributed by atoms with Crippen molar-refractivity contribution < 1.29 is 13.9 Å². The highest BCUT2D eigenvalue weighted by atomic mass is 35.5. The number of methoxy groups -OCH3 is 1. The molecule has 3 aromatic rings. The van der Waals surface area contributed by atoms with Crippen LogP contribution in [-0.2, 0) is 0 Å². The standard InChI is InChI=1S/C22H24ClFN4O2/c1-28-8-4-3-5-15(28)12-30-21-11-19-16(10-20(21)29-2)22(26-13-25-19)27-18-7-6-14(23)9-17(18)24/h6-7,9-11,13,15H,3-5,8,12H2,1-2H3,(H,25,26,27)/t15-/m1/s1. The first-order valence-electron chi connectivity index (χ1n) is 9.93. The number of nitrogens with one attached hydrogen (secondary N) is 1. The van der Waals surface area contributed by atoms with E-state index in [2.05, 4.69) is 27.2 Å². The van der Waals surface area contributed by atoms with Gasteiger partial charge in [0.25, 0.3) is 0 Å². The summed E-state index contributed by atoms with van der Waals surface area (Å²) in [5.74, 6) is 1.22. The van der Waals surface area contributed by atoms with Crippen molar-refractivity contribution in [1.29, 1.82) is 0 Å². The van der Waals surface area contributed by atoms with E-state index in [1.165, 1.54) is 25.2 Å². The predicted molar refractivity (Wildman–Crippen MR) is 117 cm³/mol. The van der Waals surface area contributed by atoms with Crippen molar-refractivity contribution in [1.82, 2.24) is 14.9 Å². The van der Waals surface area contributed by atoms with E-state index < -0.39 is 5.82 Å². The normalized spacial score (nSPS) is 17.1. The maximum absolute atomic E-state index is 14.2. The van der Waals surface area contributed by atoms with Gasteiger partial charge in [-0.3, -0.25) is 0 Å². The molecular formula is C22H24ClFN4O2.